The lowest BCUT2D eigenvalue weighted by molar-refractivity contribution is -0.134. The fourth-order valence-corrected chi connectivity index (χ4v) is 7.56. The first-order chi connectivity index (χ1) is 20.4. The molecule has 1 saturated carbocycles. The summed E-state index contributed by atoms with van der Waals surface area (Å²) in [7, 11) is 0. The lowest BCUT2D eigenvalue weighted by Gasteiger charge is -2.43. The fraction of sp³-hybridized carbons (Fsp3) is 0.400. The maximum Gasteiger partial charge on any atom is 0.250 e. The number of likely N-dealkylation sites (tertiary alicyclic amines) is 1. The van der Waals surface area contributed by atoms with E-state index in [-0.39, 0.29) is 23.0 Å². The average Bonchev–Trinajstić information content (AvgIpc) is 3.75. The molecule has 0 radical (unpaired) electrons. The van der Waals surface area contributed by atoms with E-state index in [1.165, 1.54) is 5.56 Å². The van der Waals surface area contributed by atoms with Gasteiger partial charge in [0, 0.05) is 43.1 Å². The Morgan fingerprint density at radius 1 is 0.786 bits per heavy atom. The number of fused-ring (bicyclic) bond motifs is 2. The Kier molecular flexibility index (Phi) is 6.65. The molecule has 42 heavy (non-hydrogen) atoms. The third-order valence-electron chi connectivity index (χ3n) is 9.99. The van der Waals surface area contributed by atoms with Crippen molar-refractivity contribution in [1.82, 2.24) is 9.80 Å². The van der Waals surface area contributed by atoms with E-state index in [1.54, 1.807) is 6.92 Å². The van der Waals surface area contributed by atoms with Crippen LogP contribution < -0.4 is 9.80 Å². The summed E-state index contributed by atoms with van der Waals surface area (Å²) < 4.78 is 0. The number of hydrogen-bond donors (Lipinski definition) is 0. The Hall–Kier alpha value is -3.97. The number of piperidine rings is 1. The van der Waals surface area contributed by atoms with Gasteiger partial charge in [-0.1, -0.05) is 60.7 Å². The number of Topliss-reactive ketones (excluding diaryl/α,β-unsaturated/α-hetero) is 1. The van der Waals surface area contributed by atoms with E-state index in [2.05, 4.69) is 34.1 Å². The molecule has 2 spiro atoms. The first kappa shape index (κ1) is 26.9. The second-order valence-electron chi connectivity index (χ2n) is 12.4. The van der Waals surface area contributed by atoms with E-state index in [1.807, 2.05) is 64.4 Å². The van der Waals surface area contributed by atoms with E-state index in [0.29, 0.717) is 18.8 Å². The van der Waals surface area contributed by atoms with Crippen molar-refractivity contribution >= 4 is 29.0 Å². The molecular formula is C35H38N4O3. The first-order valence-corrected chi connectivity index (χ1v) is 15.3. The number of amides is 2. The van der Waals surface area contributed by atoms with Crippen molar-refractivity contribution < 1.29 is 14.4 Å². The van der Waals surface area contributed by atoms with E-state index in [0.717, 1.165) is 75.2 Å². The predicted molar refractivity (Wildman–Crippen MR) is 164 cm³/mol. The van der Waals surface area contributed by atoms with Crippen LogP contribution in [0.1, 0.15) is 60.5 Å². The highest BCUT2D eigenvalue weighted by Crippen LogP contribution is 2.57. The summed E-state index contributed by atoms with van der Waals surface area (Å²) in [6.45, 7) is 5.83. The third-order valence-corrected chi connectivity index (χ3v) is 9.99. The second-order valence-corrected chi connectivity index (χ2v) is 12.4. The first-order valence-electron chi connectivity index (χ1n) is 15.3. The zero-order valence-corrected chi connectivity index (χ0v) is 24.3. The van der Waals surface area contributed by atoms with Gasteiger partial charge < -0.3 is 19.6 Å². The quantitative estimate of drug-likeness (QED) is 0.362. The molecule has 4 aliphatic rings. The summed E-state index contributed by atoms with van der Waals surface area (Å²) in [5.74, 6) is 0.452. The largest absolute Gasteiger partial charge is 0.339 e. The number of carbonyl (C=O) groups is 3. The van der Waals surface area contributed by atoms with Crippen molar-refractivity contribution in [2.45, 2.75) is 56.5 Å². The fourth-order valence-electron chi connectivity index (χ4n) is 7.56. The van der Waals surface area contributed by atoms with Gasteiger partial charge in [-0.15, -0.1) is 0 Å². The topological polar surface area (TPSA) is 64.2 Å². The smallest absolute Gasteiger partial charge is 0.250 e. The van der Waals surface area contributed by atoms with E-state index < -0.39 is 5.54 Å². The Bertz CT molecular complexity index is 1520. The van der Waals surface area contributed by atoms with Crippen LogP contribution >= 0.6 is 0 Å². The molecule has 3 aromatic rings. The normalized spacial score (nSPS) is 20.5. The van der Waals surface area contributed by atoms with Crippen LogP contribution in [-0.4, -0.2) is 65.8 Å². The van der Waals surface area contributed by atoms with Crippen molar-refractivity contribution in [1.29, 1.82) is 0 Å². The molecule has 3 fully saturated rings. The van der Waals surface area contributed by atoms with Gasteiger partial charge in [0.1, 0.15) is 5.54 Å². The Morgan fingerprint density at radius 3 is 2.21 bits per heavy atom. The van der Waals surface area contributed by atoms with Crippen LogP contribution in [0.4, 0.5) is 11.4 Å². The molecule has 2 amide bonds. The number of carbonyl (C=O) groups excluding carboxylic acids is 3. The minimum Gasteiger partial charge on any atom is -0.339 e. The SMILES string of the molecule is CC(=O)c1ccccc1CN1CN(c2ccccc2)C2(CCN(CCCN3C(=O)C4(CC4)c4ccccc43)CC2)C1=O. The van der Waals surface area contributed by atoms with Gasteiger partial charge >= 0.3 is 0 Å². The minimum absolute atomic E-state index is 0.0200. The zero-order valence-electron chi connectivity index (χ0n) is 24.3. The highest BCUT2D eigenvalue weighted by molar-refractivity contribution is 6.10. The van der Waals surface area contributed by atoms with Gasteiger partial charge in [0.05, 0.1) is 12.1 Å². The summed E-state index contributed by atoms with van der Waals surface area (Å²) in [5, 5.41) is 0. The summed E-state index contributed by atoms with van der Waals surface area (Å²) in [6, 6.07) is 26.2. The molecule has 0 aromatic heterocycles. The van der Waals surface area contributed by atoms with Crippen molar-refractivity contribution in [3.63, 3.8) is 0 Å². The molecule has 1 aliphatic carbocycles. The molecule has 7 rings (SSSR count). The van der Waals surface area contributed by atoms with Crippen LogP contribution in [0.5, 0.6) is 0 Å². The molecule has 0 bridgehead atoms. The van der Waals surface area contributed by atoms with Crippen LogP contribution in [-0.2, 0) is 21.5 Å². The molecule has 0 atom stereocenters. The van der Waals surface area contributed by atoms with Crippen LogP contribution in [0.3, 0.4) is 0 Å². The van der Waals surface area contributed by atoms with Gasteiger partial charge in [0.25, 0.3) is 0 Å². The third kappa shape index (κ3) is 4.33. The molecule has 3 heterocycles. The van der Waals surface area contributed by atoms with Crippen LogP contribution in [0.15, 0.2) is 78.9 Å². The van der Waals surface area contributed by atoms with Gasteiger partial charge in [0.15, 0.2) is 5.78 Å². The Balaban J connectivity index is 1.04. The lowest BCUT2D eigenvalue weighted by Crippen LogP contribution is -2.56. The van der Waals surface area contributed by atoms with Gasteiger partial charge in [0.2, 0.25) is 11.8 Å². The number of benzene rings is 3. The summed E-state index contributed by atoms with van der Waals surface area (Å²) in [4.78, 5) is 48.4. The number of rotatable bonds is 8. The van der Waals surface area contributed by atoms with Gasteiger partial charge in [-0.05, 0) is 74.9 Å². The number of para-hydroxylation sites is 2. The van der Waals surface area contributed by atoms with Crippen molar-refractivity contribution in [2.24, 2.45) is 0 Å². The Morgan fingerprint density at radius 2 is 1.48 bits per heavy atom. The van der Waals surface area contributed by atoms with E-state index in [9.17, 15) is 14.4 Å². The highest BCUT2D eigenvalue weighted by atomic mass is 16.2. The van der Waals surface area contributed by atoms with Crippen molar-refractivity contribution in [3.8, 4) is 0 Å². The Labute approximate surface area is 247 Å². The monoisotopic (exact) mass is 562 g/mol. The van der Waals surface area contributed by atoms with Crippen LogP contribution in [0.25, 0.3) is 0 Å². The highest BCUT2D eigenvalue weighted by Gasteiger charge is 2.59. The maximum absolute atomic E-state index is 14.2. The molecule has 3 aromatic carbocycles. The number of anilines is 2. The standard InChI is InChI=1S/C35H38N4O3/c1-26(40)29-13-6-5-10-27(29)24-37-25-39(28-11-3-2-4-12-28)35(33(37)42)18-22-36(23-19-35)20-9-21-38-31-15-8-7-14-30(31)34(16-17-34)32(38)41/h2-8,10-15H,9,16-25H2,1H3. The predicted octanol–water partition coefficient (Wildman–Crippen LogP) is 5.00. The second kappa shape index (κ2) is 10.4. The van der Waals surface area contributed by atoms with Crippen molar-refractivity contribution in [3.05, 3.63) is 95.6 Å². The summed E-state index contributed by atoms with van der Waals surface area (Å²) in [6.07, 6.45) is 4.35. The lowest BCUT2D eigenvalue weighted by atomic mass is 9.85. The summed E-state index contributed by atoms with van der Waals surface area (Å²) >= 11 is 0. The summed E-state index contributed by atoms with van der Waals surface area (Å²) in [5.41, 5.74) is 4.11. The minimum atomic E-state index is -0.592. The van der Waals surface area contributed by atoms with E-state index in [4.69, 9.17) is 0 Å². The van der Waals surface area contributed by atoms with E-state index >= 15 is 0 Å². The molecule has 216 valence electrons. The average molecular weight is 563 g/mol. The van der Waals surface area contributed by atoms with Gasteiger partial charge in [-0.25, -0.2) is 0 Å². The molecule has 7 nitrogen and oxygen atoms in total. The van der Waals surface area contributed by atoms with Crippen molar-refractivity contribution in [2.75, 3.05) is 42.6 Å². The van der Waals surface area contributed by atoms with Gasteiger partial charge in [-0.3, -0.25) is 14.4 Å². The van der Waals surface area contributed by atoms with Crippen LogP contribution in [0, 0.1) is 0 Å². The molecule has 0 unspecified atom stereocenters. The number of hydrogen-bond acceptors (Lipinski definition) is 5. The molecule has 2 saturated heterocycles. The number of ketones is 1. The number of nitrogens with zero attached hydrogens (tertiary/aromatic N) is 4. The van der Waals surface area contributed by atoms with Crippen LogP contribution in [0.2, 0.25) is 0 Å². The zero-order chi connectivity index (χ0) is 28.9. The molecule has 7 heteroatoms. The molecule has 0 N–H and O–H groups in total. The maximum atomic E-state index is 14.2. The molecular weight excluding hydrogens is 524 g/mol. The molecule has 3 aliphatic heterocycles. The van der Waals surface area contributed by atoms with Gasteiger partial charge in [-0.2, -0.15) is 0 Å².